The second kappa shape index (κ2) is 6.40. The van der Waals surface area contributed by atoms with Gasteiger partial charge in [0.25, 0.3) is 0 Å². The van der Waals surface area contributed by atoms with Crippen LogP contribution < -0.4 is 4.72 Å². The molecule has 7 heteroatoms. The van der Waals surface area contributed by atoms with Gasteiger partial charge in [-0.15, -0.1) is 0 Å². The molecular formula is C15H20ClN3O2S. The molecule has 1 atom stereocenters. The molecule has 0 aliphatic rings. The van der Waals surface area contributed by atoms with Crippen LogP contribution in [0.2, 0.25) is 5.02 Å². The van der Waals surface area contributed by atoms with Gasteiger partial charge in [-0.2, -0.15) is 5.10 Å². The van der Waals surface area contributed by atoms with Gasteiger partial charge in [0.2, 0.25) is 10.0 Å². The lowest BCUT2D eigenvalue weighted by Gasteiger charge is -2.15. The van der Waals surface area contributed by atoms with Crippen LogP contribution in [0.4, 0.5) is 0 Å². The molecule has 0 radical (unpaired) electrons. The Bertz CT molecular complexity index is 767. The largest absolute Gasteiger partial charge is 0.265 e. The van der Waals surface area contributed by atoms with Gasteiger partial charge in [-0.3, -0.25) is 4.68 Å². The quantitative estimate of drug-likeness (QED) is 0.909. The van der Waals surface area contributed by atoms with E-state index in [9.17, 15) is 8.42 Å². The number of hydrogen-bond acceptors (Lipinski definition) is 3. The lowest BCUT2D eigenvalue weighted by atomic mass is 10.2. The fourth-order valence-corrected chi connectivity index (χ4v) is 3.44. The highest BCUT2D eigenvalue weighted by Gasteiger charge is 2.18. The van der Waals surface area contributed by atoms with Crippen LogP contribution in [0.25, 0.3) is 0 Å². The van der Waals surface area contributed by atoms with E-state index in [0.717, 1.165) is 17.0 Å². The van der Waals surface area contributed by atoms with E-state index in [1.54, 1.807) is 12.1 Å². The number of rotatable bonds is 5. The Morgan fingerprint density at radius 1 is 1.23 bits per heavy atom. The summed E-state index contributed by atoms with van der Waals surface area (Å²) in [6.07, 6.45) is 0. The Labute approximate surface area is 136 Å². The Hall–Kier alpha value is -1.37. The average Bonchev–Trinajstić information content (AvgIpc) is 2.73. The van der Waals surface area contributed by atoms with Gasteiger partial charge in [0.05, 0.1) is 16.6 Å². The highest BCUT2D eigenvalue weighted by atomic mass is 35.5. The van der Waals surface area contributed by atoms with Gasteiger partial charge in [0.15, 0.2) is 0 Å². The third-order valence-corrected chi connectivity index (χ3v) is 5.49. The molecular weight excluding hydrogens is 322 g/mol. The van der Waals surface area contributed by atoms with E-state index in [4.69, 9.17) is 11.6 Å². The molecule has 1 unspecified atom stereocenters. The lowest BCUT2D eigenvalue weighted by Crippen LogP contribution is -2.30. The van der Waals surface area contributed by atoms with E-state index in [-0.39, 0.29) is 17.5 Å². The lowest BCUT2D eigenvalue weighted by molar-refractivity contribution is 0.467. The van der Waals surface area contributed by atoms with E-state index in [1.807, 2.05) is 32.4 Å². The molecule has 0 bridgehead atoms. The number of halogens is 1. The summed E-state index contributed by atoms with van der Waals surface area (Å²) < 4.78 is 29.0. The predicted molar refractivity (Wildman–Crippen MR) is 87.8 cm³/mol. The molecule has 0 saturated carbocycles. The monoisotopic (exact) mass is 341 g/mol. The second-order valence-electron chi connectivity index (χ2n) is 5.40. The Morgan fingerprint density at radius 3 is 2.32 bits per heavy atom. The maximum atomic E-state index is 12.3. The number of nitrogens with zero attached hydrogens (tertiary/aromatic N) is 2. The van der Waals surface area contributed by atoms with Crippen LogP contribution in [0.5, 0.6) is 0 Å². The molecule has 22 heavy (non-hydrogen) atoms. The van der Waals surface area contributed by atoms with Crippen molar-refractivity contribution >= 4 is 21.6 Å². The zero-order valence-corrected chi connectivity index (χ0v) is 14.7. The van der Waals surface area contributed by atoms with Crippen molar-refractivity contribution in [3.8, 4) is 0 Å². The number of aromatic nitrogens is 2. The standard InChI is InChI=1S/C15H20ClN3O2S/c1-10(19-13(4)11(2)12(3)18-19)9-17-22(20,21)15-7-5-14(16)6-8-15/h5-8,10,17H,9H2,1-4H3. The first-order chi connectivity index (χ1) is 10.2. The minimum absolute atomic E-state index is 0.0746. The van der Waals surface area contributed by atoms with Crippen molar-refractivity contribution in [2.45, 2.75) is 38.6 Å². The Kier molecular flexibility index (Phi) is 4.94. The SMILES string of the molecule is Cc1nn(C(C)CNS(=O)(=O)c2ccc(Cl)cc2)c(C)c1C. The Morgan fingerprint density at radius 2 is 1.82 bits per heavy atom. The maximum Gasteiger partial charge on any atom is 0.240 e. The zero-order valence-electron chi connectivity index (χ0n) is 13.1. The number of aryl methyl sites for hydroxylation is 1. The van der Waals surface area contributed by atoms with Crippen LogP contribution in [0, 0.1) is 20.8 Å². The fraction of sp³-hybridized carbons (Fsp3) is 0.400. The van der Waals surface area contributed by atoms with Gasteiger partial charge in [-0.05, 0) is 57.5 Å². The van der Waals surface area contributed by atoms with Crippen molar-refractivity contribution in [1.29, 1.82) is 0 Å². The molecule has 120 valence electrons. The summed E-state index contributed by atoms with van der Waals surface area (Å²) in [7, 11) is -3.55. The molecule has 0 spiro atoms. The van der Waals surface area contributed by atoms with Crippen molar-refractivity contribution < 1.29 is 8.42 Å². The van der Waals surface area contributed by atoms with Crippen LogP contribution in [-0.4, -0.2) is 24.7 Å². The molecule has 0 amide bonds. The summed E-state index contributed by atoms with van der Waals surface area (Å²) in [6, 6.07) is 6.02. The molecule has 2 aromatic rings. The van der Waals surface area contributed by atoms with Gasteiger partial charge in [0.1, 0.15) is 0 Å². The predicted octanol–water partition coefficient (Wildman–Crippen LogP) is 3.00. The van der Waals surface area contributed by atoms with Crippen LogP contribution >= 0.6 is 11.6 Å². The molecule has 1 heterocycles. The fourth-order valence-electron chi connectivity index (χ4n) is 2.19. The van der Waals surface area contributed by atoms with Crippen molar-refractivity contribution in [1.82, 2.24) is 14.5 Å². The molecule has 1 N–H and O–H groups in total. The van der Waals surface area contributed by atoms with Gasteiger partial charge in [-0.25, -0.2) is 13.1 Å². The van der Waals surface area contributed by atoms with Crippen LogP contribution in [0.15, 0.2) is 29.2 Å². The number of sulfonamides is 1. The number of benzene rings is 1. The highest BCUT2D eigenvalue weighted by Crippen LogP contribution is 2.17. The third-order valence-electron chi connectivity index (χ3n) is 3.80. The molecule has 5 nitrogen and oxygen atoms in total. The van der Waals surface area contributed by atoms with Gasteiger partial charge >= 0.3 is 0 Å². The molecule has 0 fully saturated rings. The van der Waals surface area contributed by atoms with E-state index in [2.05, 4.69) is 9.82 Å². The third kappa shape index (κ3) is 3.51. The van der Waals surface area contributed by atoms with Crippen molar-refractivity contribution in [2.24, 2.45) is 0 Å². The molecule has 1 aromatic heterocycles. The van der Waals surface area contributed by atoms with E-state index in [1.165, 1.54) is 12.1 Å². The van der Waals surface area contributed by atoms with E-state index < -0.39 is 10.0 Å². The molecule has 2 rings (SSSR count). The van der Waals surface area contributed by atoms with Crippen LogP contribution in [0.3, 0.4) is 0 Å². The zero-order chi connectivity index (χ0) is 16.5. The number of hydrogen-bond donors (Lipinski definition) is 1. The van der Waals surface area contributed by atoms with Crippen LogP contribution in [-0.2, 0) is 10.0 Å². The van der Waals surface area contributed by atoms with Gasteiger partial charge < -0.3 is 0 Å². The number of nitrogens with one attached hydrogen (secondary N) is 1. The molecule has 1 aromatic carbocycles. The maximum absolute atomic E-state index is 12.3. The summed E-state index contributed by atoms with van der Waals surface area (Å²) >= 11 is 5.78. The highest BCUT2D eigenvalue weighted by molar-refractivity contribution is 7.89. The first-order valence-electron chi connectivity index (χ1n) is 7.00. The summed E-state index contributed by atoms with van der Waals surface area (Å²) in [5, 5.41) is 4.96. The first kappa shape index (κ1) is 17.0. The van der Waals surface area contributed by atoms with Crippen molar-refractivity contribution in [3.05, 3.63) is 46.2 Å². The molecule has 0 aliphatic carbocycles. The van der Waals surface area contributed by atoms with E-state index >= 15 is 0 Å². The average molecular weight is 342 g/mol. The summed E-state index contributed by atoms with van der Waals surface area (Å²) in [5.41, 5.74) is 3.15. The van der Waals surface area contributed by atoms with Gasteiger partial charge in [0, 0.05) is 17.3 Å². The van der Waals surface area contributed by atoms with E-state index in [0.29, 0.717) is 5.02 Å². The molecule has 0 saturated heterocycles. The molecule has 0 aliphatic heterocycles. The first-order valence-corrected chi connectivity index (χ1v) is 8.86. The smallest absolute Gasteiger partial charge is 0.240 e. The normalized spacial score (nSPS) is 13.3. The minimum atomic E-state index is -3.55. The van der Waals surface area contributed by atoms with Crippen molar-refractivity contribution in [2.75, 3.05) is 6.54 Å². The topological polar surface area (TPSA) is 64.0 Å². The second-order valence-corrected chi connectivity index (χ2v) is 7.60. The summed E-state index contributed by atoms with van der Waals surface area (Å²) in [5.74, 6) is 0. The minimum Gasteiger partial charge on any atom is -0.265 e. The summed E-state index contributed by atoms with van der Waals surface area (Å²) in [4.78, 5) is 0.202. The van der Waals surface area contributed by atoms with Crippen LogP contribution in [0.1, 0.15) is 29.9 Å². The van der Waals surface area contributed by atoms with Crippen molar-refractivity contribution in [3.63, 3.8) is 0 Å². The van der Waals surface area contributed by atoms with Gasteiger partial charge in [-0.1, -0.05) is 11.6 Å². The summed E-state index contributed by atoms with van der Waals surface area (Å²) in [6.45, 7) is 8.15. The Balaban J connectivity index is 2.11.